The summed E-state index contributed by atoms with van der Waals surface area (Å²) in [5.74, 6) is 0. The molecule has 0 saturated carbocycles. The van der Waals surface area contributed by atoms with Crippen molar-refractivity contribution in [3.8, 4) is 0 Å². The summed E-state index contributed by atoms with van der Waals surface area (Å²) >= 11 is 0. The largest absolute Gasteiger partial charge is 0.333 e. The Morgan fingerprint density at radius 2 is 1.89 bits per heavy atom. The van der Waals surface area contributed by atoms with Crippen molar-refractivity contribution in [2.24, 2.45) is 5.73 Å². The van der Waals surface area contributed by atoms with Gasteiger partial charge in [-0.05, 0) is 22.9 Å². The van der Waals surface area contributed by atoms with Gasteiger partial charge < -0.3 is 10.3 Å². The van der Waals surface area contributed by atoms with Gasteiger partial charge in [0.25, 0.3) is 0 Å². The third-order valence-corrected chi connectivity index (χ3v) is 3.32. The quantitative estimate of drug-likeness (QED) is 0.774. The SMILES string of the molecule is NCCc1cn(Cc2cccc3ccccc23)cn1. The Morgan fingerprint density at radius 3 is 2.79 bits per heavy atom. The molecule has 0 unspecified atom stereocenters. The van der Waals surface area contributed by atoms with E-state index in [1.165, 1.54) is 16.3 Å². The van der Waals surface area contributed by atoms with Crippen molar-refractivity contribution < 1.29 is 0 Å². The maximum atomic E-state index is 5.55. The molecule has 3 rings (SSSR count). The Morgan fingerprint density at radius 1 is 1.05 bits per heavy atom. The fraction of sp³-hybridized carbons (Fsp3) is 0.188. The maximum Gasteiger partial charge on any atom is 0.0952 e. The van der Waals surface area contributed by atoms with Gasteiger partial charge in [0.2, 0.25) is 0 Å². The second-order valence-corrected chi connectivity index (χ2v) is 4.71. The van der Waals surface area contributed by atoms with Crippen molar-refractivity contribution in [1.29, 1.82) is 0 Å². The summed E-state index contributed by atoms with van der Waals surface area (Å²) in [6.07, 6.45) is 4.80. The number of imidazole rings is 1. The monoisotopic (exact) mass is 251 g/mol. The van der Waals surface area contributed by atoms with Gasteiger partial charge in [0.05, 0.1) is 12.0 Å². The Hall–Kier alpha value is -2.13. The maximum absolute atomic E-state index is 5.55. The number of nitrogens with two attached hydrogens (primary N) is 1. The summed E-state index contributed by atoms with van der Waals surface area (Å²) in [6, 6.07) is 14.9. The standard InChI is InChI=1S/C16H17N3/c17-9-8-15-11-19(12-18-15)10-14-6-3-5-13-4-1-2-7-16(13)14/h1-7,11-12H,8-10,17H2. The average Bonchev–Trinajstić information content (AvgIpc) is 2.87. The molecule has 0 aliphatic rings. The second kappa shape index (κ2) is 5.24. The fourth-order valence-electron chi connectivity index (χ4n) is 2.40. The number of fused-ring (bicyclic) bond motifs is 1. The van der Waals surface area contributed by atoms with E-state index in [4.69, 9.17) is 5.73 Å². The normalized spacial score (nSPS) is 11.0. The Bertz CT molecular complexity index is 680. The molecule has 0 atom stereocenters. The zero-order valence-electron chi connectivity index (χ0n) is 10.8. The Labute approximate surface area is 112 Å². The smallest absolute Gasteiger partial charge is 0.0952 e. The van der Waals surface area contributed by atoms with Crippen LogP contribution in [-0.4, -0.2) is 16.1 Å². The number of aromatic nitrogens is 2. The predicted molar refractivity (Wildman–Crippen MR) is 78.0 cm³/mol. The van der Waals surface area contributed by atoms with Crippen LogP contribution in [0.3, 0.4) is 0 Å². The van der Waals surface area contributed by atoms with Gasteiger partial charge in [-0.3, -0.25) is 0 Å². The number of rotatable bonds is 4. The minimum atomic E-state index is 0.644. The molecular formula is C16H17N3. The van der Waals surface area contributed by atoms with Crippen molar-refractivity contribution in [3.05, 3.63) is 66.2 Å². The van der Waals surface area contributed by atoms with Gasteiger partial charge >= 0.3 is 0 Å². The van der Waals surface area contributed by atoms with E-state index in [1.807, 2.05) is 6.33 Å². The van der Waals surface area contributed by atoms with Gasteiger partial charge in [0, 0.05) is 19.2 Å². The van der Waals surface area contributed by atoms with E-state index in [9.17, 15) is 0 Å². The summed E-state index contributed by atoms with van der Waals surface area (Å²) in [6.45, 7) is 1.49. The molecule has 96 valence electrons. The van der Waals surface area contributed by atoms with E-state index >= 15 is 0 Å². The summed E-state index contributed by atoms with van der Waals surface area (Å²) in [5.41, 5.74) is 7.92. The molecule has 1 aromatic heterocycles. The van der Waals surface area contributed by atoms with E-state index in [1.54, 1.807) is 0 Å². The molecule has 0 amide bonds. The number of nitrogens with zero attached hydrogens (tertiary/aromatic N) is 2. The molecule has 3 aromatic rings. The van der Waals surface area contributed by atoms with Crippen molar-refractivity contribution in [3.63, 3.8) is 0 Å². The molecule has 0 bridgehead atoms. The van der Waals surface area contributed by atoms with Gasteiger partial charge in [-0.15, -0.1) is 0 Å². The molecule has 0 fully saturated rings. The van der Waals surface area contributed by atoms with Crippen LogP contribution in [0.15, 0.2) is 55.0 Å². The van der Waals surface area contributed by atoms with E-state index in [-0.39, 0.29) is 0 Å². The highest BCUT2D eigenvalue weighted by Gasteiger charge is 2.02. The van der Waals surface area contributed by atoms with Crippen LogP contribution in [-0.2, 0) is 13.0 Å². The van der Waals surface area contributed by atoms with Crippen LogP contribution >= 0.6 is 0 Å². The molecule has 1 heterocycles. The predicted octanol–water partition coefficient (Wildman–Crippen LogP) is 2.59. The van der Waals surface area contributed by atoms with Crippen molar-refractivity contribution in [2.75, 3.05) is 6.54 Å². The summed E-state index contributed by atoms with van der Waals surface area (Å²) in [7, 11) is 0. The van der Waals surface area contributed by atoms with Crippen LogP contribution in [0.4, 0.5) is 0 Å². The van der Waals surface area contributed by atoms with Crippen LogP contribution in [0.1, 0.15) is 11.3 Å². The third kappa shape index (κ3) is 2.51. The summed E-state index contributed by atoms with van der Waals surface area (Å²) in [4.78, 5) is 4.37. The zero-order valence-corrected chi connectivity index (χ0v) is 10.8. The highest BCUT2D eigenvalue weighted by molar-refractivity contribution is 5.85. The Kier molecular flexibility index (Phi) is 3.29. The molecule has 0 aliphatic heterocycles. The number of benzene rings is 2. The lowest BCUT2D eigenvalue weighted by atomic mass is 10.0. The van der Waals surface area contributed by atoms with Crippen molar-refractivity contribution >= 4 is 10.8 Å². The highest BCUT2D eigenvalue weighted by atomic mass is 15.0. The molecule has 2 aromatic carbocycles. The van der Waals surface area contributed by atoms with Gasteiger partial charge in [-0.25, -0.2) is 4.98 Å². The minimum absolute atomic E-state index is 0.644. The lowest BCUT2D eigenvalue weighted by Gasteiger charge is -2.07. The van der Waals surface area contributed by atoms with E-state index < -0.39 is 0 Å². The first-order valence-electron chi connectivity index (χ1n) is 6.54. The van der Waals surface area contributed by atoms with Crippen LogP contribution in [0, 0.1) is 0 Å². The topological polar surface area (TPSA) is 43.8 Å². The molecule has 2 N–H and O–H groups in total. The molecule has 0 radical (unpaired) electrons. The summed E-state index contributed by atoms with van der Waals surface area (Å²) < 4.78 is 2.12. The fourth-order valence-corrected chi connectivity index (χ4v) is 2.40. The lowest BCUT2D eigenvalue weighted by molar-refractivity contribution is 0.801. The first-order valence-corrected chi connectivity index (χ1v) is 6.54. The van der Waals surface area contributed by atoms with Gasteiger partial charge in [0.15, 0.2) is 0 Å². The molecule has 3 heteroatoms. The van der Waals surface area contributed by atoms with Crippen LogP contribution in [0.2, 0.25) is 0 Å². The van der Waals surface area contributed by atoms with E-state index in [0.29, 0.717) is 6.54 Å². The average molecular weight is 251 g/mol. The Balaban J connectivity index is 1.92. The van der Waals surface area contributed by atoms with E-state index in [2.05, 4.69) is 58.2 Å². The zero-order chi connectivity index (χ0) is 13.1. The number of hydrogen-bond acceptors (Lipinski definition) is 2. The third-order valence-electron chi connectivity index (χ3n) is 3.32. The van der Waals surface area contributed by atoms with Crippen molar-refractivity contribution in [2.45, 2.75) is 13.0 Å². The molecule has 0 spiro atoms. The van der Waals surface area contributed by atoms with Gasteiger partial charge in [-0.2, -0.15) is 0 Å². The summed E-state index contributed by atoms with van der Waals surface area (Å²) in [5, 5.41) is 2.58. The molecule has 3 nitrogen and oxygen atoms in total. The molecule has 0 saturated heterocycles. The second-order valence-electron chi connectivity index (χ2n) is 4.71. The highest BCUT2D eigenvalue weighted by Crippen LogP contribution is 2.19. The number of hydrogen-bond donors (Lipinski definition) is 1. The minimum Gasteiger partial charge on any atom is -0.333 e. The molecule has 0 aliphatic carbocycles. The first kappa shape index (κ1) is 11.9. The van der Waals surface area contributed by atoms with E-state index in [0.717, 1.165) is 18.7 Å². The first-order chi connectivity index (χ1) is 9.36. The molecular weight excluding hydrogens is 234 g/mol. The van der Waals surface area contributed by atoms with Crippen LogP contribution in [0.5, 0.6) is 0 Å². The van der Waals surface area contributed by atoms with Crippen LogP contribution < -0.4 is 5.73 Å². The van der Waals surface area contributed by atoms with Crippen LogP contribution in [0.25, 0.3) is 10.8 Å². The van der Waals surface area contributed by atoms with Gasteiger partial charge in [0.1, 0.15) is 0 Å². The van der Waals surface area contributed by atoms with Crippen molar-refractivity contribution in [1.82, 2.24) is 9.55 Å². The lowest BCUT2D eigenvalue weighted by Crippen LogP contribution is -2.03. The van der Waals surface area contributed by atoms with Gasteiger partial charge in [-0.1, -0.05) is 42.5 Å². The molecule has 19 heavy (non-hydrogen) atoms.